The molecule has 0 saturated heterocycles. The third-order valence-corrected chi connectivity index (χ3v) is 6.41. The number of nitrogens with one attached hydrogen (secondary N) is 1. The number of likely N-dealkylation sites (N-methyl/N-ethyl adjacent to an activating group) is 1. The molecule has 0 unspecified atom stereocenters. The van der Waals surface area contributed by atoms with Gasteiger partial charge in [-0.1, -0.05) is 15.9 Å². The summed E-state index contributed by atoms with van der Waals surface area (Å²) in [5.74, 6) is 0.361. The minimum absolute atomic E-state index is 0.156. The van der Waals surface area contributed by atoms with Crippen molar-refractivity contribution in [1.82, 2.24) is 9.88 Å². The molecule has 1 aromatic heterocycles. The van der Waals surface area contributed by atoms with Crippen molar-refractivity contribution >= 4 is 38.3 Å². The van der Waals surface area contributed by atoms with Crippen LogP contribution in [0.3, 0.4) is 0 Å². The second-order valence-corrected chi connectivity index (χ2v) is 9.64. The fraction of sp³-hybridized carbons (Fsp3) is 0.545. The lowest BCUT2D eigenvalue weighted by molar-refractivity contribution is -0.0183. The van der Waals surface area contributed by atoms with Gasteiger partial charge in [0, 0.05) is 34.6 Å². The first kappa shape index (κ1) is 19.8. The molecule has 5 nitrogen and oxygen atoms in total. The van der Waals surface area contributed by atoms with E-state index in [2.05, 4.69) is 26.2 Å². The van der Waals surface area contributed by atoms with Gasteiger partial charge in [0.15, 0.2) is 5.78 Å². The van der Waals surface area contributed by atoms with Gasteiger partial charge in [-0.2, -0.15) is 0 Å². The maximum Gasteiger partial charge on any atom is 0.169 e. The van der Waals surface area contributed by atoms with Gasteiger partial charge in [0.25, 0.3) is 0 Å². The van der Waals surface area contributed by atoms with E-state index in [4.69, 9.17) is 0 Å². The highest BCUT2D eigenvalue weighted by molar-refractivity contribution is 9.10. The van der Waals surface area contributed by atoms with Crippen molar-refractivity contribution < 1.29 is 9.90 Å². The van der Waals surface area contributed by atoms with E-state index < -0.39 is 5.60 Å². The molecule has 0 amide bonds. The Morgan fingerprint density at radius 2 is 2.00 bits per heavy atom. The molecule has 0 bridgehead atoms. The average molecular weight is 446 g/mol. The Morgan fingerprint density at radius 1 is 1.29 bits per heavy atom. The minimum atomic E-state index is -0.613. The summed E-state index contributed by atoms with van der Waals surface area (Å²) < 4.78 is 0.977. The van der Waals surface area contributed by atoms with Crippen LogP contribution in [0.5, 0.6) is 0 Å². The van der Waals surface area contributed by atoms with Crippen LogP contribution < -0.4 is 5.32 Å². The number of rotatable bonds is 6. The van der Waals surface area contributed by atoms with Gasteiger partial charge in [-0.05, 0) is 70.8 Å². The molecule has 2 fully saturated rings. The average Bonchev–Trinajstić information content (AvgIpc) is 3.48. The molecular formula is C22H28BrN3O2. The largest absolute Gasteiger partial charge is 0.389 e. The van der Waals surface area contributed by atoms with Crippen LogP contribution in [0.2, 0.25) is 0 Å². The van der Waals surface area contributed by atoms with E-state index in [0.29, 0.717) is 12.1 Å². The Labute approximate surface area is 174 Å². The smallest absolute Gasteiger partial charge is 0.169 e. The van der Waals surface area contributed by atoms with Gasteiger partial charge in [0.05, 0.1) is 22.4 Å². The number of anilines is 1. The van der Waals surface area contributed by atoms with Crippen molar-refractivity contribution in [2.45, 2.75) is 50.2 Å². The highest BCUT2D eigenvalue weighted by Crippen LogP contribution is 2.38. The summed E-state index contributed by atoms with van der Waals surface area (Å²) in [7, 11) is 4.00. The number of hydrogen-bond donors (Lipinski definition) is 2. The topological polar surface area (TPSA) is 65.5 Å². The van der Waals surface area contributed by atoms with Crippen LogP contribution in [-0.2, 0) is 0 Å². The Balaban J connectivity index is 1.61. The summed E-state index contributed by atoms with van der Waals surface area (Å²) in [5.41, 5.74) is 1.89. The van der Waals surface area contributed by atoms with Crippen molar-refractivity contribution in [2.75, 3.05) is 26.0 Å². The Bertz CT molecular complexity index is 887. The number of halogens is 1. The number of Topliss-reactive ketones (excluding diaryl/α,β-unsaturated/α-hetero) is 1. The van der Waals surface area contributed by atoms with Crippen molar-refractivity contribution in [1.29, 1.82) is 0 Å². The zero-order valence-electron chi connectivity index (χ0n) is 16.5. The van der Waals surface area contributed by atoms with Crippen LogP contribution in [-0.4, -0.2) is 53.1 Å². The van der Waals surface area contributed by atoms with E-state index in [9.17, 15) is 9.90 Å². The maximum absolute atomic E-state index is 12.9. The normalized spacial score (nSPS) is 25.2. The number of benzene rings is 1. The van der Waals surface area contributed by atoms with Crippen LogP contribution in [0.4, 0.5) is 5.69 Å². The van der Waals surface area contributed by atoms with Crippen molar-refractivity contribution in [3.63, 3.8) is 0 Å². The van der Waals surface area contributed by atoms with Gasteiger partial charge in [0.2, 0.25) is 0 Å². The lowest BCUT2D eigenvalue weighted by Gasteiger charge is -2.38. The number of carbonyl (C=O) groups excluding carboxylic acids is 1. The lowest BCUT2D eigenvalue weighted by Crippen LogP contribution is -2.45. The first-order valence-electron chi connectivity index (χ1n) is 10.1. The summed E-state index contributed by atoms with van der Waals surface area (Å²) >= 11 is 3.55. The first-order chi connectivity index (χ1) is 13.3. The molecule has 2 saturated carbocycles. The van der Waals surface area contributed by atoms with Crippen LogP contribution in [0.15, 0.2) is 28.9 Å². The fourth-order valence-electron chi connectivity index (χ4n) is 4.32. The molecule has 0 atom stereocenters. The molecule has 0 aliphatic heterocycles. The summed E-state index contributed by atoms with van der Waals surface area (Å²) in [6.07, 6.45) is 7.01. The monoisotopic (exact) mass is 445 g/mol. The van der Waals surface area contributed by atoms with Crippen molar-refractivity contribution in [3.05, 3.63) is 34.4 Å². The second kappa shape index (κ2) is 7.73. The van der Waals surface area contributed by atoms with Crippen molar-refractivity contribution in [3.8, 4) is 0 Å². The van der Waals surface area contributed by atoms with Crippen LogP contribution >= 0.6 is 15.9 Å². The molecule has 2 aliphatic rings. The van der Waals surface area contributed by atoms with E-state index in [1.165, 1.54) is 0 Å². The van der Waals surface area contributed by atoms with Crippen LogP contribution in [0, 0.1) is 5.92 Å². The molecule has 4 rings (SSSR count). The summed E-state index contributed by atoms with van der Waals surface area (Å²) in [5, 5.41) is 15.5. The first-order valence-corrected chi connectivity index (χ1v) is 10.9. The number of pyridine rings is 1. The standard InChI is InChI=1S/C22H28BrN3O2/c1-26(2)13-22(28)9-7-16(8-10-22)25-20-17-11-15(23)5-6-19(17)24-12-18(20)21(27)14-3-4-14/h5-6,11-12,14,16,28H,3-4,7-10,13H2,1-2H3,(H,24,25). The number of aromatic nitrogens is 1. The van der Waals surface area contributed by atoms with E-state index in [-0.39, 0.29) is 17.7 Å². The van der Waals surface area contributed by atoms with Gasteiger partial charge in [-0.3, -0.25) is 9.78 Å². The molecule has 28 heavy (non-hydrogen) atoms. The Kier molecular flexibility index (Phi) is 5.47. The number of ketones is 1. The van der Waals surface area contributed by atoms with E-state index >= 15 is 0 Å². The number of hydrogen-bond acceptors (Lipinski definition) is 5. The van der Waals surface area contributed by atoms with Gasteiger partial charge >= 0.3 is 0 Å². The molecule has 6 heteroatoms. The highest BCUT2D eigenvalue weighted by Gasteiger charge is 2.35. The predicted molar refractivity (Wildman–Crippen MR) is 116 cm³/mol. The molecule has 2 N–H and O–H groups in total. The van der Waals surface area contributed by atoms with Gasteiger partial charge < -0.3 is 15.3 Å². The zero-order valence-corrected chi connectivity index (χ0v) is 18.1. The maximum atomic E-state index is 12.9. The van der Waals surface area contributed by atoms with Gasteiger partial charge in [-0.25, -0.2) is 0 Å². The molecule has 1 aromatic carbocycles. The molecule has 1 heterocycles. The molecule has 0 spiro atoms. The summed E-state index contributed by atoms with van der Waals surface area (Å²) in [6.45, 7) is 0.691. The quantitative estimate of drug-likeness (QED) is 0.650. The zero-order chi connectivity index (χ0) is 19.9. The molecule has 150 valence electrons. The second-order valence-electron chi connectivity index (χ2n) is 8.73. The molecule has 0 radical (unpaired) electrons. The van der Waals surface area contributed by atoms with E-state index in [0.717, 1.165) is 59.6 Å². The summed E-state index contributed by atoms with van der Waals surface area (Å²) in [4.78, 5) is 19.5. The predicted octanol–water partition coefficient (Wildman–Crippen LogP) is 4.24. The number of carbonyl (C=O) groups is 1. The third kappa shape index (κ3) is 4.24. The highest BCUT2D eigenvalue weighted by atomic mass is 79.9. The molecule has 2 aliphatic carbocycles. The number of fused-ring (bicyclic) bond motifs is 1. The number of aliphatic hydroxyl groups is 1. The third-order valence-electron chi connectivity index (χ3n) is 5.92. The minimum Gasteiger partial charge on any atom is -0.389 e. The lowest BCUT2D eigenvalue weighted by atomic mass is 9.81. The molecular weight excluding hydrogens is 418 g/mol. The molecule has 2 aromatic rings. The Hall–Kier alpha value is -1.50. The fourth-order valence-corrected chi connectivity index (χ4v) is 4.68. The van der Waals surface area contributed by atoms with Gasteiger partial charge in [0.1, 0.15) is 0 Å². The summed E-state index contributed by atoms with van der Waals surface area (Å²) in [6, 6.07) is 6.24. The van der Waals surface area contributed by atoms with Crippen molar-refractivity contribution in [2.24, 2.45) is 5.92 Å². The van der Waals surface area contributed by atoms with E-state index in [1.54, 1.807) is 6.20 Å². The number of nitrogens with zero attached hydrogens (tertiary/aromatic N) is 2. The van der Waals surface area contributed by atoms with Crippen LogP contribution in [0.25, 0.3) is 10.9 Å². The van der Waals surface area contributed by atoms with Crippen LogP contribution in [0.1, 0.15) is 48.9 Å². The van der Waals surface area contributed by atoms with E-state index in [1.807, 2.05) is 37.2 Å². The van der Waals surface area contributed by atoms with Gasteiger partial charge in [-0.15, -0.1) is 0 Å². The Morgan fingerprint density at radius 3 is 2.64 bits per heavy atom. The SMILES string of the molecule is CN(C)CC1(O)CCC(Nc2c(C(=O)C3CC3)cnc3ccc(Br)cc23)CC1.